The van der Waals surface area contributed by atoms with Crippen molar-refractivity contribution in [2.75, 3.05) is 0 Å². The van der Waals surface area contributed by atoms with Gasteiger partial charge in [0.05, 0.1) is 6.10 Å². The third-order valence-electron chi connectivity index (χ3n) is 2.15. The molecule has 0 radical (unpaired) electrons. The summed E-state index contributed by atoms with van der Waals surface area (Å²) in [6.45, 7) is 4.18. The second-order valence-electron chi connectivity index (χ2n) is 3.40. The standard InChI is InChI=1S/C13H20O/c1-3-5-9-12(4-2)14-13-10-7-6-8-11-13/h6-8,10-12H,3-5,9H2,1-2H3/t12-/m1/s1/i9D/t9-,12+/m0. The minimum absolute atomic E-state index is 0.0207. The van der Waals surface area contributed by atoms with E-state index in [0.29, 0.717) is 0 Å². The van der Waals surface area contributed by atoms with Gasteiger partial charge in [-0.25, -0.2) is 0 Å². The summed E-state index contributed by atoms with van der Waals surface area (Å²) in [6.07, 6.45) is 2.75. The lowest BCUT2D eigenvalue weighted by Crippen LogP contribution is -2.14. The molecule has 0 saturated carbocycles. The summed E-state index contributed by atoms with van der Waals surface area (Å²) in [7, 11) is 0. The van der Waals surface area contributed by atoms with Crippen molar-refractivity contribution < 1.29 is 6.11 Å². The van der Waals surface area contributed by atoms with Gasteiger partial charge < -0.3 is 4.74 Å². The number of hydrogen-bond donors (Lipinski definition) is 0. The second kappa shape index (κ2) is 6.47. The predicted octanol–water partition coefficient (Wildman–Crippen LogP) is 4.03. The minimum Gasteiger partial charge on any atom is -0.490 e. The molecule has 14 heavy (non-hydrogen) atoms. The molecule has 0 bridgehead atoms. The molecule has 0 heterocycles. The molecule has 78 valence electrons. The van der Waals surface area contributed by atoms with Gasteiger partial charge >= 0.3 is 0 Å². The molecular weight excluding hydrogens is 172 g/mol. The highest BCUT2D eigenvalue weighted by atomic mass is 16.5. The molecule has 1 aromatic rings. The summed E-state index contributed by atoms with van der Waals surface area (Å²) in [5.74, 6) is 0.873. The van der Waals surface area contributed by atoms with E-state index in [1.54, 1.807) is 0 Å². The molecule has 0 aliphatic heterocycles. The van der Waals surface area contributed by atoms with E-state index in [2.05, 4.69) is 13.8 Å². The highest BCUT2D eigenvalue weighted by Crippen LogP contribution is 2.15. The van der Waals surface area contributed by atoms with E-state index in [-0.39, 0.29) is 12.5 Å². The van der Waals surface area contributed by atoms with Gasteiger partial charge in [-0.1, -0.05) is 44.9 Å². The van der Waals surface area contributed by atoms with E-state index < -0.39 is 0 Å². The third kappa shape index (κ3) is 3.82. The van der Waals surface area contributed by atoms with E-state index in [9.17, 15) is 0 Å². The van der Waals surface area contributed by atoms with E-state index in [4.69, 9.17) is 6.11 Å². The van der Waals surface area contributed by atoms with Crippen molar-refractivity contribution in [3.05, 3.63) is 30.3 Å². The summed E-state index contributed by atoms with van der Waals surface area (Å²) in [5.41, 5.74) is 0. The fourth-order valence-corrected chi connectivity index (χ4v) is 1.32. The topological polar surface area (TPSA) is 9.23 Å². The van der Waals surface area contributed by atoms with Crippen LogP contribution in [-0.4, -0.2) is 6.10 Å². The molecule has 0 aliphatic rings. The monoisotopic (exact) mass is 193 g/mol. The van der Waals surface area contributed by atoms with Crippen molar-refractivity contribution in [2.45, 2.75) is 45.6 Å². The van der Waals surface area contributed by atoms with E-state index >= 15 is 0 Å². The lowest BCUT2D eigenvalue weighted by molar-refractivity contribution is 0.183. The van der Waals surface area contributed by atoms with Gasteiger partial charge in [0.25, 0.3) is 0 Å². The predicted molar refractivity (Wildman–Crippen MR) is 60.7 cm³/mol. The van der Waals surface area contributed by atoms with Gasteiger partial charge in [-0.2, -0.15) is 0 Å². The average Bonchev–Trinajstić information content (AvgIpc) is 2.27. The largest absolute Gasteiger partial charge is 0.490 e. The molecule has 0 unspecified atom stereocenters. The molecule has 1 heteroatoms. The van der Waals surface area contributed by atoms with Gasteiger partial charge in [0.1, 0.15) is 5.75 Å². The molecule has 0 amide bonds. The van der Waals surface area contributed by atoms with Gasteiger partial charge in [-0.15, -0.1) is 0 Å². The third-order valence-corrected chi connectivity index (χ3v) is 2.15. The Balaban J connectivity index is 2.53. The van der Waals surface area contributed by atoms with Crippen LogP contribution in [0.15, 0.2) is 30.3 Å². The van der Waals surface area contributed by atoms with Crippen molar-refractivity contribution in [1.29, 1.82) is 0 Å². The van der Waals surface area contributed by atoms with Gasteiger partial charge in [-0.05, 0) is 25.0 Å². The molecule has 0 aromatic heterocycles. The van der Waals surface area contributed by atoms with E-state index in [1.165, 1.54) is 0 Å². The normalized spacial score (nSPS) is 15.7. The quantitative estimate of drug-likeness (QED) is 0.662. The number of para-hydroxylation sites is 1. The molecule has 0 saturated heterocycles. The summed E-state index contributed by atoms with van der Waals surface area (Å²) in [6, 6.07) is 9.78. The van der Waals surface area contributed by atoms with Crippen molar-refractivity contribution in [2.24, 2.45) is 0 Å². The molecule has 0 spiro atoms. The van der Waals surface area contributed by atoms with Crippen molar-refractivity contribution in [1.82, 2.24) is 0 Å². The van der Waals surface area contributed by atoms with Crippen molar-refractivity contribution in [3.63, 3.8) is 0 Å². The first kappa shape index (κ1) is 9.57. The summed E-state index contributed by atoms with van der Waals surface area (Å²) in [5, 5.41) is 0. The van der Waals surface area contributed by atoms with Crippen LogP contribution in [0.3, 0.4) is 0 Å². The second-order valence-corrected chi connectivity index (χ2v) is 3.40. The average molecular weight is 193 g/mol. The Kier molecular flexibility index (Phi) is 4.42. The van der Waals surface area contributed by atoms with Crippen LogP contribution in [0.4, 0.5) is 0 Å². The van der Waals surface area contributed by atoms with Crippen molar-refractivity contribution >= 4 is 0 Å². The van der Waals surface area contributed by atoms with Crippen LogP contribution in [0, 0.1) is 0 Å². The summed E-state index contributed by atoms with van der Waals surface area (Å²) < 4.78 is 13.7. The number of rotatable bonds is 6. The maximum absolute atomic E-state index is 7.95. The number of benzene rings is 1. The molecule has 2 atom stereocenters. The Morgan fingerprint density at radius 3 is 2.57 bits per heavy atom. The first-order valence-electron chi connectivity index (χ1n) is 5.99. The molecular formula is C13H20O. The first-order valence-corrected chi connectivity index (χ1v) is 5.41. The number of hydrogen-bond acceptors (Lipinski definition) is 1. The lowest BCUT2D eigenvalue weighted by Gasteiger charge is -2.16. The Bertz CT molecular complexity index is 260. The van der Waals surface area contributed by atoms with Crippen molar-refractivity contribution in [3.8, 4) is 5.75 Å². The lowest BCUT2D eigenvalue weighted by atomic mass is 10.1. The molecule has 0 fully saturated rings. The molecule has 0 aliphatic carbocycles. The van der Waals surface area contributed by atoms with Crippen LogP contribution in [0.5, 0.6) is 5.75 Å². The van der Waals surface area contributed by atoms with Crippen LogP contribution in [0.25, 0.3) is 0 Å². The van der Waals surface area contributed by atoms with Crippen LogP contribution < -0.4 is 4.74 Å². The molecule has 0 N–H and O–H groups in total. The zero-order valence-electron chi connectivity index (χ0n) is 10.1. The zero-order chi connectivity index (χ0) is 11.1. The van der Waals surface area contributed by atoms with Crippen LogP contribution in [0.2, 0.25) is 0 Å². The van der Waals surface area contributed by atoms with Gasteiger partial charge in [-0.3, -0.25) is 0 Å². The Morgan fingerprint density at radius 1 is 1.29 bits per heavy atom. The molecule has 1 nitrogen and oxygen atoms in total. The highest BCUT2D eigenvalue weighted by Gasteiger charge is 2.06. The number of ether oxygens (including phenoxy) is 1. The van der Waals surface area contributed by atoms with Crippen LogP contribution in [0.1, 0.15) is 40.9 Å². The first-order chi connectivity index (χ1) is 7.27. The van der Waals surface area contributed by atoms with E-state index in [0.717, 1.165) is 25.0 Å². The molecule has 1 aromatic carbocycles. The Morgan fingerprint density at radius 2 is 2.00 bits per heavy atom. The Labute approximate surface area is 88.5 Å². The Hall–Kier alpha value is -0.980. The van der Waals surface area contributed by atoms with Crippen LogP contribution >= 0.6 is 0 Å². The fraction of sp³-hybridized carbons (Fsp3) is 0.538. The summed E-state index contributed by atoms with van der Waals surface area (Å²) in [4.78, 5) is 0. The highest BCUT2D eigenvalue weighted by molar-refractivity contribution is 5.21. The fourth-order valence-electron chi connectivity index (χ4n) is 1.32. The smallest absolute Gasteiger partial charge is 0.119 e. The van der Waals surface area contributed by atoms with Crippen LogP contribution in [-0.2, 0) is 0 Å². The van der Waals surface area contributed by atoms with Gasteiger partial charge in [0, 0.05) is 1.37 Å². The molecule has 1 rings (SSSR count). The minimum atomic E-state index is -0.111. The maximum atomic E-state index is 7.95. The summed E-state index contributed by atoms with van der Waals surface area (Å²) >= 11 is 0. The SMILES string of the molecule is [2H][C@@H](CCC)[C@@H](CC)Oc1ccccc1. The van der Waals surface area contributed by atoms with Gasteiger partial charge in [0.2, 0.25) is 0 Å². The van der Waals surface area contributed by atoms with E-state index in [1.807, 2.05) is 30.3 Å². The maximum Gasteiger partial charge on any atom is 0.119 e. The zero-order valence-corrected chi connectivity index (χ0v) is 9.07. The van der Waals surface area contributed by atoms with Gasteiger partial charge in [0.15, 0.2) is 0 Å².